The van der Waals surface area contributed by atoms with Crippen molar-refractivity contribution in [1.29, 1.82) is 0 Å². The van der Waals surface area contributed by atoms with Gasteiger partial charge in [0.25, 0.3) is 0 Å². The van der Waals surface area contributed by atoms with E-state index in [1.807, 2.05) is 49.4 Å². The SMILES string of the molecule is Cc1cccc(-n2c(C)cc(CN3CCCCCOc4ccccc4Oc4ccc(Cl)cc4NC(=O)C3)c2C)n1. The highest BCUT2D eigenvalue weighted by molar-refractivity contribution is 6.31. The van der Waals surface area contributed by atoms with Crippen LogP contribution in [0.2, 0.25) is 5.02 Å². The van der Waals surface area contributed by atoms with Gasteiger partial charge in [-0.25, -0.2) is 4.98 Å². The Balaban J connectivity index is 1.39. The molecule has 2 aromatic carbocycles. The van der Waals surface area contributed by atoms with Crippen LogP contribution in [0.15, 0.2) is 66.7 Å². The minimum Gasteiger partial charge on any atom is -0.490 e. The molecule has 7 nitrogen and oxygen atoms in total. The molecular formula is C32H35ClN4O3. The Labute approximate surface area is 240 Å². The lowest BCUT2D eigenvalue weighted by atomic mass is 10.2. The molecule has 0 spiro atoms. The van der Waals surface area contributed by atoms with E-state index in [-0.39, 0.29) is 12.5 Å². The fourth-order valence-corrected chi connectivity index (χ4v) is 5.27. The van der Waals surface area contributed by atoms with Gasteiger partial charge in [0.15, 0.2) is 17.2 Å². The zero-order valence-corrected chi connectivity index (χ0v) is 24.0. The molecule has 40 heavy (non-hydrogen) atoms. The first kappa shape index (κ1) is 27.7. The van der Waals surface area contributed by atoms with Crippen molar-refractivity contribution in [2.45, 2.75) is 46.6 Å². The number of rotatable bonds is 3. The van der Waals surface area contributed by atoms with Crippen LogP contribution in [0.3, 0.4) is 0 Å². The first-order chi connectivity index (χ1) is 19.4. The van der Waals surface area contributed by atoms with E-state index in [2.05, 4.69) is 34.7 Å². The molecule has 1 aliphatic heterocycles. The maximum atomic E-state index is 13.4. The Morgan fingerprint density at radius 3 is 2.58 bits per heavy atom. The van der Waals surface area contributed by atoms with Gasteiger partial charge in [0.2, 0.25) is 5.91 Å². The number of benzene rings is 2. The molecule has 208 valence electrons. The van der Waals surface area contributed by atoms with Crippen molar-refractivity contribution in [2.24, 2.45) is 0 Å². The van der Waals surface area contributed by atoms with Crippen LogP contribution in [-0.2, 0) is 11.3 Å². The summed E-state index contributed by atoms with van der Waals surface area (Å²) in [6.45, 7) is 8.48. The molecule has 0 atom stereocenters. The lowest BCUT2D eigenvalue weighted by Gasteiger charge is -2.22. The fraction of sp³-hybridized carbons (Fsp3) is 0.312. The summed E-state index contributed by atoms with van der Waals surface area (Å²) in [4.78, 5) is 20.3. The van der Waals surface area contributed by atoms with Gasteiger partial charge in [-0.1, -0.05) is 29.8 Å². The van der Waals surface area contributed by atoms with Crippen LogP contribution >= 0.6 is 11.6 Å². The number of hydrogen-bond donors (Lipinski definition) is 1. The predicted octanol–water partition coefficient (Wildman–Crippen LogP) is 7.25. The monoisotopic (exact) mass is 558 g/mol. The second-order valence-corrected chi connectivity index (χ2v) is 10.7. The number of carbonyl (C=O) groups is 1. The van der Waals surface area contributed by atoms with E-state index >= 15 is 0 Å². The normalized spacial score (nSPS) is 15.1. The molecule has 0 aliphatic carbocycles. The third kappa shape index (κ3) is 6.66. The molecular weight excluding hydrogens is 524 g/mol. The Hall–Kier alpha value is -3.81. The number of amides is 1. The smallest absolute Gasteiger partial charge is 0.238 e. The number of para-hydroxylation sites is 2. The van der Waals surface area contributed by atoms with E-state index in [4.69, 9.17) is 26.1 Å². The van der Waals surface area contributed by atoms with Crippen LogP contribution in [0.25, 0.3) is 5.82 Å². The molecule has 0 unspecified atom stereocenters. The molecule has 8 heteroatoms. The summed E-state index contributed by atoms with van der Waals surface area (Å²) in [6.07, 6.45) is 2.85. The fourth-order valence-electron chi connectivity index (χ4n) is 5.10. The Kier molecular flexibility index (Phi) is 8.72. The minimum atomic E-state index is -0.124. The summed E-state index contributed by atoms with van der Waals surface area (Å²) < 4.78 is 14.5. The van der Waals surface area contributed by atoms with Gasteiger partial charge in [-0.2, -0.15) is 0 Å². The van der Waals surface area contributed by atoms with Crippen molar-refractivity contribution in [3.63, 3.8) is 0 Å². The maximum absolute atomic E-state index is 13.4. The van der Waals surface area contributed by atoms with Gasteiger partial charge in [0, 0.05) is 28.6 Å². The number of nitrogens with zero attached hydrogens (tertiary/aromatic N) is 3. The number of halogens is 1. The molecule has 0 bridgehead atoms. The summed E-state index contributed by atoms with van der Waals surface area (Å²) in [7, 11) is 0. The van der Waals surface area contributed by atoms with Gasteiger partial charge < -0.3 is 19.4 Å². The molecule has 5 rings (SSSR count). The number of pyridine rings is 1. The van der Waals surface area contributed by atoms with Gasteiger partial charge in [0.1, 0.15) is 5.82 Å². The van der Waals surface area contributed by atoms with E-state index in [9.17, 15) is 4.79 Å². The van der Waals surface area contributed by atoms with Crippen LogP contribution < -0.4 is 14.8 Å². The van der Waals surface area contributed by atoms with Crippen molar-refractivity contribution in [2.75, 3.05) is 25.0 Å². The van der Waals surface area contributed by atoms with Gasteiger partial charge in [0.05, 0.1) is 18.8 Å². The van der Waals surface area contributed by atoms with Crippen molar-refractivity contribution >= 4 is 23.2 Å². The predicted molar refractivity (Wildman–Crippen MR) is 159 cm³/mol. The molecule has 0 saturated carbocycles. The molecule has 0 fully saturated rings. The number of anilines is 1. The maximum Gasteiger partial charge on any atom is 0.238 e. The molecule has 0 saturated heterocycles. The molecule has 2 aromatic heterocycles. The number of aryl methyl sites for hydroxylation is 2. The van der Waals surface area contributed by atoms with Crippen molar-refractivity contribution in [1.82, 2.24) is 14.5 Å². The van der Waals surface area contributed by atoms with Crippen LogP contribution in [0.5, 0.6) is 17.2 Å². The standard InChI is InChI=1S/C32H35ClN4O3/c1-22-10-9-13-31(34-22)37-23(2)18-25(24(37)3)20-36-16-7-4-8-17-39-29-11-5-6-12-30(29)40-28-15-14-26(33)19-27(28)35-32(38)21-36/h5-6,9-15,18-19H,4,7-8,16-17,20-21H2,1-3H3,(H,35,38). The number of aromatic nitrogens is 2. The average Bonchev–Trinajstić information content (AvgIpc) is 3.19. The second-order valence-electron chi connectivity index (χ2n) is 10.2. The number of hydrogen-bond acceptors (Lipinski definition) is 5. The van der Waals surface area contributed by atoms with Crippen LogP contribution in [-0.4, -0.2) is 40.1 Å². The molecule has 0 radical (unpaired) electrons. The summed E-state index contributed by atoms with van der Waals surface area (Å²) in [6, 6.07) is 21.0. The van der Waals surface area contributed by atoms with E-state index in [1.165, 1.54) is 5.56 Å². The van der Waals surface area contributed by atoms with Gasteiger partial charge in [-0.05, 0) is 101 Å². The number of fused-ring (bicyclic) bond motifs is 2. The largest absolute Gasteiger partial charge is 0.490 e. The summed E-state index contributed by atoms with van der Waals surface area (Å²) >= 11 is 6.30. The number of carbonyl (C=O) groups excluding carboxylic acids is 1. The summed E-state index contributed by atoms with van der Waals surface area (Å²) in [5.74, 6) is 2.55. The third-order valence-corrected chi connectivity index (χ3v) is 7.30. The summed E-state index contributed by atoms with van der Waals surface area (Å²) in [5, 5.41) is 3.55. The van der Waals surface area contributed by atoms with Gasteiger partial charge in [-0.3, -0.25) is 9.69 Å². The Morgan fingerprint density at radius 2 is 1.75 bits per heavy atom. The topological polar surface area (TPSA) is 68.6 Å². The number of nitrogens with one attached hydrogen (secondary N) is 1. The van der Waals surface area contributed by atoms with Gasteiger partial charge >= 0.3 is 0 Å². The van der Waals surface area contributed by atoms with Gasteiger partial charge in [-0.15, -0.1) is 0 Å². The first-order valence-electron chi connectivity index (χ1n) is 13.7. The van der Waals surface area contributed by atoms with Crippen LogP contribution in [0.1, 0.15) is 41.9 Å². The molecule has 4 aromatic rings. The molecule has 1 aliphatic rings. The molecule has 3 heterocycles. The number of ether oxygens (including phenoxy) is 2. The van der Waals surface area contributed by atoms with Crippen molar-refractivity contribution in [3.05, 3.63) is 94.4 Å². The highest BCUT2D eigenvalue weighted by atomic mass is 35.5. The third-order valence-electron chi connectivity index (χ3n) is 7.06. The van der Waals surface area contributed by atoms with E-state index in [0.29, 0.717) is 41.1 Å². The van der Waals surface area contributed by atoms with Crippen molar-refractivity contribution < 1.29 is 14.3 Å². The van der Waals surface area contributed by atoms with Crippen LogP contribution in [0.4, 0.5) is 5.69 Å². The zero-order valence-electron chi connectivity index (χ0n) is 23.2. The van der Waals surface area contributed by atoms with E-state index in [0.717, 1.165) is 48.7 Å². The van der Waals surface area contributed by atoms with Crippen LogP contribution in [0, 0.1) is 20.8 Å². The average molecular weight is 559 g/mol. The second kappa shape index (κ2) is 12.6. The van der Waals surface area contributed by atoms with E-state index < -0.39 is 0 Å². The minimum absolute atomic E-state index is 0.124. The van der Waals surface area contributed by atoms with E-state index in [1.54, 1.807) is 18.2 Å². The summed E-state index contributed by atoms with van der Waals surface area (Å²) in [5.41, 5.74) is 4.92. The Bertz CT molecular complexity index is 1500. The lowest BCUT2D eigenvalue weighted by Crippen LogP contribution is -2.34. The highest BCUT2D eigenvalue weighted by Gasteiger charge is 2.19. The molecule has 1 N–H and O–H groups in total. The first-order valence-corrected chi connectivity index (χ1v) is 14.1. The molecule has 1 amide bonds. The lowest BCUT2D eigenvalue weighted by molar-refractivity contribution is -0.117. The Morgan fingerprint density at radius 1 is 0.925 bits per heavy atom. The van der Waals surface area contributed by atoms with Crippen molar-refractivity contribution in [3.8, 4) is 23.1 Å². The quantitative estimate of drug-likeness (QED) is 0.287. The highest BCUT2D eigenvalue weighted by Crippen LogP contribution is 2.36. The zero-order chi connectivity index (χ0) is 28.1.